The third-order valence-corrected chi connectivity index (χ3v) is 5.62. The number of carbonyl (C=O) groups excluding carboxylic acids is 3. The first kappa shape index (κ1) is 16.2. The van der Waals surface area contributed by atoms with E-state index >= 15 is 0 Å². The zero-order valence-electron chi connectivity index (χ0n) is 13.9. The summed E-state index contributed by atoms with van der Waals surface area (Å²) in [7, 11) is 0. The summed E-state index contributed by atoms with van der Waals surface area (Å²) < 4.78 is 0. The maximum atomic E-state index is 12.9. The van der Waals surface area contributed by atoms with Gasteiger partial charge in [-0.05, 0) is 25.7 Å². The molecule has 0 radical (unpaired) electrons. The predicted octanol–water partition coefficient (Wildman–Crippen LogP) is 0.307. The summed E-state index contributed by atoms with van der Waals surface area (Å²) in [6.07, 6.45) is 3.63. The van der Waals surface area contributed by atoms with Gasteiger partial charge >= 0.3 is 6.03 Å². The van der Waals surface area contributed by atoms with Crippen molar-refractivity contribution in [2.45, 2.75) is 51.1 Å². The predicted molar refractivity (Wildman–Crippen MR) is 84.7 cm³/mol. The van der Waals surface area contributed by atoms with E-state index in [1.807, 2.05) is 13.8 Å². The molecule has 3 atom stereocenters. The molecule has 2 saturated heterocycles. The zero-order chi connectivity index (χ0) is 16.6. The molecule has 4 amide bonds. The standard InChI is InChI=1S/C16H26N4O3/c1-11-5-3-4-6-16(11)14(22)20(15(23)18-16)10-13(21)19-8-7-17-9-12(19)2/h11-12,17H,3-10H2,1-2H3,(H,18,23). The van der Waals surface area contributed by atoms with Gasteiger partial charge in [-0.1, -0.05) is 19.8 Å². The Morgan fingerprint density at radius 1 is 1.30 bits per heavy atom. The van der Waals surface area contributed by atoms with Gasteiger partial charge in [0.1, 0.15) is 12.1 Å². The Labute approximate surface area is 136 Å². The van der Waals surface area contributed by atoms with Gasteiger partial charge in [0.25, 0.3) is 5.91 Å². The summed E-state index contributed by atoms with van der Waals surface area (Å²) >= 11 is 0. The van der Waals surface area contributed by atoms with E-state index in [4.69, 9.17) is 0 Å². The molecule has 1 spiro atoms. The van der Waals surface area contributed by atoms with Crippen LogP contribution < -0.4 is 10.6 Å². The number of piperazine rings is 1. The molecule has 0 aromatic carbocycles. The van der Waals surface area contributed by atoms with E-state index in [1.54, 1.807) is 4.90 Å². The summed E-state index contributed by atoms with van der Waals surface area (Å²) in [6.45, 7) is 5.94. The smallest absolute Gasteiger partial charge is 0.325 e. The summed E-state index contributed by atoms with van der Waals surface area (Å²) in [5.41, 5.74) is -0.787. The van der Waals surface area contributed by atoms with Crippen LogP contribution in [-0.4, -0.2) is 65.4 Å². The van der Waals surface area contributed by atoms with E-state index in [0.29, 0.717) is 13.0 Å². The number of nitrogens with zero attached hydrogens (tertiary/aromatic N) is 2. The van der Waals surface area contributed by atoms with Gasteiger partial charge in [0, 0.05) is 25.7 Å². The van der Waals surface area contributed by atoms with Gasteiger partial charge in [-0.15, -0.1) is 0 Å². The molecule has 7 heteroatoms. The molecule has 1 saturated carbocycles. The third-order valence-electron chi connectivity index (χ3n) is 5.62. The Morgan fingerprint density at radius 3 is 2.78 bits per heavy atom. The van der Waals surface area contributed by atoms with E-state index in [9.17, 15) is 14.4 Å². The molecule has 7 nitrogen and oxygen atoms in total. The van der Waals surface area contributed by atoms with Crippen LogP contribution in [0, 0.1) is 5.92 Å². The first-order valence-electron chi connectivity index (χ1n) is 8.60. The van der Waals surface area contributed by atoms with Crippen molar-refractivity contribution < 1.29 is 14.4 Å². The van der Waals surface area contributed by atoms with E-state index in [-0.39, 0.29) is 30.3 Å². The first-order chi connectivity index (χ1) is 11.0. The molecule has 128 valence electrons. The van der Waals surface area contributed by atoms with E-state index in [2.05, 4.69) is 10.6 Å². The highest BCUT2D eigenvalue weighted by Gasteiger charge is 2.55. The lowest BCUT2D eigenvalue weighted by molar-refractivity contribution is -0.142. The molecule has 3 unspecified atom stereocenters. The van der Waals surface area contributed by atoms with Crippen molar-refractivity contribution in [2.24, 2.45) is 5.92 Å². The second-order valence-electron chi connectivity index (χ2n) is 7.08. The highest BCUT2D eigenvalue weighted by molar-refractivity contribution is 6.09. The van der Waals surface area contributed by atoms with Crippen molar-refractivity contribution in [1.82, 2.24) is 20.4 Å². The van der Waals surface area contributed by atoms with Crippen molar-refractivity contribution >= 4 is 17.8 Å². The van der Waals surface area contributed by atoms with Crippen LogP contribution >= 0.6 is 0 Å². The maximum Gasteiger partial charge on any atom is 0.325 e. The number of amides is 4. The number of rotatable bonds is 2. The molecule has 23 heavy (non-hydrogen) atoms. The highest BCUT2D eigenvalue weighted by Crippen LogP contribution is 2.38. The summed E-state index contributed by atoms with van der Waals surface area (Å²) in [5.74, 6) is -0.250. The van der Waals surface area contributed by atoms with E-state index in [1.165, 1.54) is 0 Å². The Kier molecular flexibility index (Phi) is 4.31. The lowest BCUT2D eigenvalue weighted by Crippen LogP contribution is -2.56. The lowest BCUT2D eigenvalue weighted by Gasteiger charge is -2.37. The van der Waals surface area contributed by atoms with Crippen molar-refractivity contribution in [3.8, 4) is 0 Å². The molecule has 3 fully saturated rings. The van der Waals surface area contributed by atoms with Crippen LogP contribution in [0.15, 0.2) is 0 Å². The van der Waals surface area contributed by atoms with Crippen LogP contribution in [0.2, 0.25) is 0 Å². The van der Waals surface area contributed by atoms with Crippen molar-refractivity contribution in [2.75, 3.05) is 26.2 Å². The third kappa shape index (κ3) is 2.71. The fraction of sp³-hybridized carbons (Fsp3) is 0.812. The van der Waals surface area contributed by atoms with Crippen LogP contribution in [0.4, 0.5) is 4.79 Å². The van der Waals surface area contributed by atoms with E-state index < -0.39 is 11.6 Å². The van der Waals surface area contributed by atoms with Crippen LogP contribution in [0.25, 0.3) is 0 Å². The minimum absolute atomic E-state index is 0.0829. The maximum absolute atomic E-state index is 12.9. The van der Waals surface area contributed by atoms with E-state index in [0.717, 1.165) is 37.3 Å². The number of urea groups is 1. The molecule has 2 aliphatic heterocycles. The molecule has 3 aliphatic rings. The number of hydrogen-bond acceptors (Lipinski definition) is 4. The fourth-order valence-corrected chi connectivity index (χ4v) is 4.08. The summed E-state index contributed by atoms with van der Waals surface area (Å²) in [4.78, 5) is 40.6. The largest absolute Gasteiger partial charge is 0.336 e. The van der Waals surface area contributed by atoms with Crippen LogP contribution in [0.5, 0.6) is 0 Å². The highest BCUT2D eigenvalue weighted by atomic mass is 16.2. The van der Waals surface area contributed by atoms with Gasteiger partial charge in [0.15, 0.2) is 0 Å². The molecule has 0 bridgehead atoms. The summed E-state index contributed by atoms with van der Waals surface area (Å²) in [5, 5.41) is 6.12. The molecule has 2 N–H and O–H groups in total. The molecule has 0 aromatic rings. The number of carbonyl (C=O) groups is 3. The Balaban J connectivity index is 1.72. The minimum Gasteiger partial charge on any atom is -0.336 e. The van der Waals surface area contributed by atoms with Gasteiger partial charge < -0.3 is 15.5 Å². The average molecular weight is 322 g/mol. The average Bonchev–Trinajstić information content (AvgIpc) is 2.76. The fourth-order valence-electron chi connectivity index (χ4n) is 4.08. The zero-order valence-corrected chi connectivity index (χ0v) is 13.9. The number of imide groups is 1. The second-order valence-corrected chi connectivity index (χ2v) is 7.08. The molecule has 1 aliphatic carbocycles. The number of hydrogen-bond donors (Lipinski definition) is 2. The first-order valence-corrected chi connectivity index (χ1v) is 8.60. The molecular formula is C16H26N4O3. The van der Waals surface area contributed by atoms with Gasteiger partial charge in [-0.25, -0.2) is 4.79 Å². The van der Waals surface area contributed by atoms with Crippen molar-refractivity contribution in [1.29, 1.82) is 0 Å². The molecule has 2 heterocycles. The quantitative estimate of drug-likeness (QED) is 0.717. The second kappa shape index (κ2) is 6.11. The lowest BCUT2D eigenvalue weighted by atomic mass is 9.73. The molecule has 3 rings (SSSR count). The van der Waals surface area contributed by atoms with Gasteiger partial charge in [0.2, 0.25) is 5.91 Å². The normalized spacial score (nSPS) is 34.9. The Morgan fingerprint density at radius 2 is 2.09 bits per heavy atom. The van der Waals surface area contributed by atoms with Gasteiger partial charge in [0.05, 0.1) is 0 Å². The van der Waals surface area contributed by atoms with Crippen LogP contribution in [0.1, 0.15) is 39.5 Å². The van der Waals surface area contributed by atoms with Crippen molar-refractivity contribution in [3.05, 3.63) is 0 Å². The topological polar surface area (TPSA) is 81.8 Å². The van der Waals surface area contributed by atoms with Crippen LogP contribution in [0.3, 0.4) is 0 Å². The van der Waals surface area contributed by atoms with Gasteiger partial charge in [-0.2, -0.15) is 0 Å². The Bertz CT molecular complexity index is 523. The minimum atomic E-state index is -0.787. The van der Waals surface area contributed by atoms with Gasteiger partial charge in [-0.3, -0.25) is 14.5 Å². The monoisotopic (exact) mass is 322 g/mol. The molecular weight excluding hydrogens is 296 g/mol. The SMILES string of the molecule is CC1CNCCN1C(=O)CN1C(=O)NC2(CCCCC2C)C1=O. The summed E-state index contributed by atoms with van der Waals surface area (Å²) in [6, 6.07) is -0.334. The Hall–Kier alpha value is -1.63. The number of nitrogens with one attached hydrogen (secondary N) is 2. The van der Waals surface area contributed by atoms with Crippen molar-refractivity contribution in [3.63, 3.8) is 0 Å². The molecule has 0 aromatic heterocycles. The van der Waals surface area contributed by atoms with Crippen LogP contribution in [-0.2, 0) is 9.59 Å².